The highest BCUT2D eigenvalue weighted by molar-refractivity contribution is 7.93. The lowest BCUT2D eigenvalue weighted by Gasteiger charge is -2.41. The van der Waals surface area contributed by atoms with Gasteiger partial charge in [-0.3, -0.25) is 4.79 Å². The lowest BCUT2D eigenvalue weighted by Crippen LogP contribution is -2.52. The normalized spacial score (nSPS) is 17.2. The Kier molecular flexibility index (Phi) is 14.4. The summed E-state index contributed by atoms with van der Waals surface area (Å²) < 4.78 is 44.4. The molecule has 0 saturated carbocycles. The van der Waals surface area contributed by atoms with Crippen molar-refractivity contribution < 1.29 is 37.5 Å². The van der Waals surface area contributed by atoms with Gasteiger partial charge in [0.2, 0.25) is 5.91 Å². The highest BCUT2D eigenvalue weighted by Crippen LogP contribution is 2.39. The van der Waals surface area contributed by atoms with Gasteiger partial charge in [-0.05, 0) is 79.4 Å². The largest absolute Gasteiger partial charge is 0.388 e. The number of hydrogen-bond acceptors (Lipinski definition) is 8. The summed E-state index contributed by atoms with van der Waals surface area (Å²) in [4.78, 5) is 24.4. The minimum Gasteiger partial charge on any atom is -0.388 e. The average Bonchev–Trinajstić information content (AvgIpc) is 3.01. The Bertz CT molecular complexity index is 1290. The fourth-order valence-corrected chi connectivity index (χ4v) is 4.84. The van der Waals surface area contributed by atoms with Crippen molar-refractivity contribution in [3.05, 3.63) is 101 Å². The van der Waals surface area contributed by atoms with Gasteiger partial charge in [0.1, 0.15) is 30.1 Å². The second-order valence-corrected chi connectivity index (χ2v) is 11.0. The van der Waals surface area contributed by atoms with Crippen LogP contribution in [0.5, 0.6) is 0 Å². The first kappa shape index (κ1) is 35.3. The summed E-state index contributed by atoms with van der Waals surface area (Å²) in [6.07, 6.45) is 3.04. The summed E-state index contributed by atoms with van der Waals surface area (Å²) in [7, 11) is 1.78. The number of anilines is 1. The van der Waals surface area contributed by atoms with Gasteiger partial charge in [0.25, 0.3) is 0 Å². The van der Waals surface area contributed by atoms with Crippen molar-refractivity contribution in [1.29, 1.82) is 0 Å². The summed E-state index contributed by atoms with van der Waals surface area (Å²) in [6, 6.07) is 20.1. The van der Waals surface area contributed by atoms with Crippen molar-refractivity contribution in [2.45, 2.75) is 50.4 Å². The molecule has 2 fully saturated rings. The zero-order chi connectivity index (χ0) is 32.0. The maximum absolute atomic E-state index is 13.2. The molecule has 2 saturated heterocycles. The van der Waals surface area contributed by atoms with E-state index in [1.807, 2.05) is 19.1 Å². The lowest BCUT2D eigenvalue weighted by molar-refractivity contribution is -0.209. The smallest absolute Gasteiger partial charge is 0.230 e. The van der Waals surface area contributed by atoms with E-state index < -0.39 is 6.10 Å². The molecule has 0 spiro atoms. The van der Waals surface area contributed by atoms with Gasteiger partial charge in [-0.25, -0.2) is 8.78 Å². The van der Waals surface area contributed by atoms with Gasteiger partial charge in [0.15, 0.2) is 0 Å². The van der Waals surface area contributed by atoms with Crippen molar-refractivity contribution in [3.63, 3.8) is 0 Å². The highest BCUT2D eigenvalue weighted by Gasteiger charge is 2.40. The average molecular weight is 631 g/mol. The van der Waals surface area contributed by atoms with Crippen LogP contribution in [0.2, 0.25) is 0 Å². The molecule has 0 aliphatic carbocycles. The zero-order valence-corrected chi connectivity index (χ0v) is 25.8. The van der Waals surface area contributed by atoms with Crippen molar-refractivity contribution in [2.24, 2.45) is 0 Å². The van der Waals surface area contributed by atoms with Crippen LogP contribution in [0.15, 0.2) is 72.8 Å². The van der Waals surface area contributed by atoms with Crippen LogP contribution in [-0.4, -0.2) is 60.2 Å². The van der Waals surface area contributed by atoms with Gasteiger partial charge in [-0.15, -0.1) is 0 Å². The van der Waals surface area contributed by atoms with E-state index >= 15 is 0 Å². The number of aliphatic hydroxyl groups is 1. The van der Waals surface area contributed by atoms with Crippen molar-refractivity contribution in [1.82, 2.24) is 5.32 Å². The molecule has 2 aliphatic heterocycles. The van der Waals surface area contributed by atoms with E-state index in [2.05, 4.69) is 17.4 Å². The lowest BCUT2D eigenvalue weighted by atomic mass is 9.90. The van der Waals surface area contributed by atoms with Gasteiger partial charge in [0.05, 0.1) is 37.7 Å². The Morgan fingerprint density at radius 1 is 1.07 bits per heavy atom. The van der Waals surface area contributed by atoms with Gasteiger partial charge >= 0.3 is 0 Å². The third-order valence-corrected chi connectivity index (χ3v) is 7.74. The number of benzene rings is 3. The second-order valence-electron chi connectivity index (χ2n) is 10.5. The van der Waals surface area contributed by atoms with Crippen LogP contribution < -0.4 is 10.2 Å². The van der Waals surface area contributed by atoms with E-state index in [0.717, 1.165) is 42.3 Å². The highest BCUT2D eigenvalue weighted by atomic mass is 32.2. The number of halogens is 2. The van der Waals surface area contributed by atoms with Crippen LogP contribution in [0, 0.1) is 11.6 Å². The molecule has 8 nitrogen and oxygen atoms in total. The van der Waals surface area contributed by atoms with E-state index in [0.29, 0.717) is 37.6 Å². The first-order valence-electron chi connectivity index (χ1n) is 14.4. The number of aldehydes is 1. The maximum atomic E-state index is 13.2. The van der Waals surface area contributed by atoms with Gasteiger partial charge in [-0.2, -0.15) is 0 Å². The van der Waals surface area contributed by atoms with Crippen LogP contribution in [0.4, 0.5) is 14.5 Å². The molecular formula is C33H40F2N2O6S. The molecule has 2 atom stereocenters. The molecule has 2 heterocycles. The van der Waals surface area contributed by atoms with E-state index in [1.54, 1.807) is 36.2 Å². The molecule has 44 heavy (non-hydrogen) atoms. The molecule has 238 valence electrons. The molecule has 0 bridgehead atoms. The predicted octanol–water partition coefficient (Wildman–Crippen LogP) is 5.86. The minimum atomic E-state index is -0.462. The fourth-order valence-electron chi connectivity index (χ4n) is 4.71. The fraction of sp³-hybridized carbons (Fsp3) is 0.394. The van der Waals surface area contributed by atoms with Crippen LogP contribution in [-0.2, 0) is 25.5 Å². The quantitative estimate of drug-likeness (QED) is 0.0989. The Morgan fingerprint density at radius 2 is 1.68 bits per heavy atom. The van der Waals surface area contributed by atoms with E-state index in [1.165, 1.54) is 29.8 Å². The number of hydrogen-bond donors (Lipinski definition) is 3. The summed E-state index contributed by atoms with van der Waals surface area (Å²) in [5.74, 6) is 0.0707. The Balaban J connectivity index is 0.000000273. The van der Waals surface area contributed by atoms with Crippen molar-refractivity contribution in [2.75, 3.05) is 37.6 Å². The summed E-state index contributed by atoms with van der Waals surface area (Å²) in [5.41, 5.74) is 3.37. The summed E-state index contributed by atoms with van der Waals surface area (Å²) >= 11 is 0.791. The number of aryl methyl sites for hydroxylation is 1. The number of ether oxygens (including phenoxy) is 2. The SMILES string of the molecule is CCC(O)c1ccc(F)cc1.CNCSO.O=CCOC1(CCc2ccc(C3CC(=O)N3c3ccc(F)cc3)cc2)COC1. The molecular weight excluding hydrogens is 590 g/mol. The van der Waals surface area contributed by atoms with Gasteiger partial charge in [-0.1, -0.05) is 43.3 Å². The van der Waals surface area contributed by atoms with Crippen LogP contribution >= 0.6 is 12.0 Å². The molecule has 2 aliphatic rings. The minimum absolute atomic E-state index is 0.0192. The van der Waals surface area contributed by atoms with E-state index in [-0.39, 0.29) is 35.8 Å². The Hall–Kier alpha value is -3.19. The molecule has 2 unspecified atom stereocenters. The molecule has 0 aromatic heterocycles. The number of β-lactam (4-membered cyclic amide) rings is 1. The predicted molar refractivity (Wildman–Crippen MR) is 167 cm³/mol. The van der Waals surface area contributed by atoms with Crippen LogP contribution in [0.3, 0.4) is 0 Å². The second kappa shape index (κ2) is 17.9. The maximum Gasteiger partial charge on any atom is 0.230 e. The van der Waals surface area contributed by atoms with E-state index in [4.69, 9.17) is 14.0 Å². The van der Waals surface area contributed by atoms with Crippen LogP contribution in [0.25, 0.3) is 0 Å². The summed E-state index contributed by atoms with van der Waals surface area (Å²) in [5, 5.41) is 12.0. The third kappa shape index (κ3) is 10.2. The molecule has 0 radical (unpaired) electrons. The molecule has 3 aromatic carbocycles. The number of carbonyl (C=O) groups is 2. The Labute approximate surface area is 261 Å². The number of aliphatic hydroxyl groups excluding tert-OH is 1. The van der Waals surface area contributed by atoms with Crippen molar-refractivity contribution >= 4 is 29.9 Å². The number of nitrogens with one attached hydrogen (secondary N) is 1. The van der Waals surface area contributed by atoms with Gasteiger partial charge < -0.3 is 34.1 Å². The molecule has 3 N–H and O–H groups in total. The molecule has 3 aromatic rings. The monoisotopic (exact) mass is 630 g/mol. The van der Waals surface area contributed by atoms with E-state index in [9.17, 15) is 23.5 Å². The first-order valence-corrected chi connectivity index (χ1v) is 15.4. The standard InChI is InChI=1S/C22H22FNO4.C9H11FO.C2H7NOS/c23-18-5-7-19(8-6-18)24-20(13-21(24)26)17-3-1-16(2-4-17)9-10-22(14-27-15-22)28-12-11-25;1-2-9(11)7-3-5-8(10)6-4-7;1-3-2-5-4/h1-8,11,20H,9-10,12-15H2;3-6,9,11H,2H2,1H3;3-4H,2H2,1H3. The number of carbonyl (C=O) groups excluding carboxylic acids is 2. The van der Waals surface area contributed by atoms with Crippen LogP contribution in [0.1, 0.15) is 55.0 Å². The number of nitrogens with zero attached hydrogens (tertiary/aromatic N) is 1. The topological polar surface area (TPSA) is 108 Å². The van der Waals surface area contributed by atoms with Crippen molar-refractivity contribution in [3.8, 4) is 0 Å². The third-order valence-electron chi connectivity index (χ3n) is 7.33. The number of amides is 1. The molecule has 1 amide bonds. The van der Waals surface area contributed by atoms with Gasteiger partial charge in [0, 0.05) is 17.7 Å². The molecule has 5 rings (SSSR count). The Morgan fingerprint density at radius 3 is 2.14 bits per heavy atom. The zero-order valence-electron chi connectivity index (χ0n) is 25.0. The molecule has 11 heteroatoms. The first-order chi connectivity index (χ1) is 21.3. The number of rotatable bonds is 12. The summed E-state index contributed by atoms with van der Waals surface area (Å²) in [6.45, 7) is 3.02.